The molecular formula is C36H41F3N2O7. The number of aliphatic hydroxyl groups is 3. The lowest BCUT2D eigenvalue weighted by atomic mass is 9.49. The number of halogens is 3. The van der Waals surface area contributed by atoms with Gasteiger partial charge in [-0.15, -0.1) is 0 Å². The highest BCUT2D eigenvalue weighted by Crippen LogP contribution is 2.61. The van der Waals surface area contributed by atoms with E-state index in [1.807, 2.05) is 0 Å². The number of nitrogens with one attached hydrogen (secondary N) is 1. The second-order valence-corrected chi connectivity index (χ2v) is 14.4. The summed E-state index contributed by atoms with van der Waals surface area (Å²) in [6.07, 6.45) is 0.961. The first-order valence-electron chi connectivity index (χ1n) is 16.7. The summed E-state index contributed by atoms with van der Waals surface area (Å²) in [4.78, 5) is 29.8. The first-order chi connectivity index (χ1) is 22.9. The second kappa shape index (κ2) is 12.4. The van der Waals surface area contributed by atoms with Gasteiger partial charge in [0.25, 0.3) is 5.91 Å². The predicted octanol–water partition coefficient (Wildman–Crippen LogP) is 4.19. The quantitative estimate of drug-likeness (QED) is 0.315. The van der Waals surface area contributed by atoms with E-state index in [0.29, 0.717) is 40.4 Å². The Morgan fingerprint density at radius 2 is 1.69 bits per heavy atom. The van der Waals surface area contributed by atoms with E-state index < -0.39 is 47.7 Å². The topological polar surface area (TPSA) is 129 Å². The molecule has 4 fully saturated rings. The predicted molar refractivity (Wildman–Crippen MR) is 167 cm³/mol. The monoisotopic (exact) mass is 670 g/mol. The fraction of sp³-hybridized carbons (Fsp3) is 0.556. The zero-order valence-corrected chi connectivity index (χ0v) is 26.7. The minimum absolute atomic E-state index is 0.0318. The van der Waals surface area contributed by atoms with Crippen LogP contribution in [-0.2, 0) is 17.6 Å². The van der Waals surface area contributed by atoms with Crippen LogP contribution in [0.15, 0.2) is 48.0 Å². The number of nitrogens with zero attached hydrogens (tertiary/aromatic N) is 1. The first-order valence-corrected chi connectivity index (χ1v) is 16.7. The van der Waals surface area contributed by atoms with Gasteiger partial charge in [-0.2, -0.15) is 13.2 Å². The van der Waals surface area contributed by atoms with E-state index in [9.17, 15) is 38.1 Å². The molecule has 4 saturated carbocycles. The summed E-state index contributed by atoms with van der Waals surface area (Å²) in [6.45, 7) is -0.361. The summed E-state index contributed by atoms with van der Waals surface area (Å²) >= 11 is 0. The van der Waals surface area contributed by atoms with Crippen LogP contribution in [-0.4, -0.2) is 77.1 Å². The maximum absolute atomic E-state index is 14.5. The van der Waals surface area contributed by atoms with Crippen LogP contribution in [0.4, 0.5) is 13.2 Å². The summed E-state index contributed by atoms with van der Waals surface area (Å²) in [6, 6.07) is 6.35. The molecule has 0 aromatic heterocycles. The lowest BCUT2D eigenvalue weighted by molar-refractivity contribution is -0.137. The number of amides is 2. The first kappa shape index (κ1) is 32.9. The van der Waals surface area contributed by atoms with Crippen molar-refractivity contribution < 1.29 is 47.6 Å². The number of hydrogen-bond donors (Lipinski definition) is 4. The fourth-order valence-electron chi connectivity index (χ4n) is 9.74. The Morgan fingerprint density at radius 3 is 2.25 bits per heavy atom. The van der Waals surface area contributed by atoms with Crippen molar-refractivity contribution >= 4 is 11.8 Å². The standard InChI is InChI=1S/C36H41F3N2O7/c1-47-28-12-22(17-43)11-25-29-26(33(45)40-6-7-42)13-27(30(44)32(29)48-31(25)28)41(34(46)23-2-4-24(5-3-23)36(37,38)39)18-35-14-19-8-20(15-35)10-21(9-19)16-35/h2-5,11-13,19-21,27,29-30,32,42-44H,6-10,14-18H2,1H3,(H,40,45). The molecule has 1 aliphatic heterocycles. The number of carbonyl (C=O) groups excluding carboxylic acids is 2. The van der Waals surface area contributed by atoms with Gasteiger partial charge in [-0.25, -0.2) is 0 Å². The normalized spacial score (nSPS) is 31.4. The number of carbonyl (C=O) groups is 2. The minimum atomic E-state index is -4.57. The van der Waals surface area contributed by atoms with E-state index in [1.165, 1.54) is 26.4 Å². The lowest BCUT2D eigenvalue weighted by Crippen LogP contribution is -2.59. The zero-order chi connectivity index (χ0) is 34.0. The Morgan fingerprint density at radius 1 is 1.04 bits per heavy atom. The molecule has 2 aromatic rings. The molecule has 5 aliphatic carbocycles. The maximum atomic E-state index is 14.5. The molecule has 4 atom stereocenters. The summed E-state index contributed by atoms with van der Waals surface area (Å²) < 4.78 is 52.2. The van der Waals surface area contributed by atoms with Gasteiger partial charge in [0.05, 0.1) is 37.8 Å². The summed E-state index contributed by atoms with van der Waals surface area (Å²) in [7, 11) is 1.45. The van der Waals surface area contributed by atoms with E-state index in [0.717, 1.165) is 43.5 Å². The number of aliphatic hydroxyl groups excluding tert-OH is 3. The molecule has 0 spiro atoms. The van der Waals surface area contributed by atoms with Crippen LogP contribution in [0.1, 0.15) is 71.5 Å². The molecule has 4 bridgehead atoms. The third kappa shape index (κ3) is 5.75. The van der Waals surface area contributed by atoms with Crippen LogP contribution in [0, 0.1) is 23.2 Å². The van der Waals surface area contributed by atoms with Gasteiger partial charge in [0, 0.05) is 29.8 Å². The van der Waals surface area contributed by atoms with E-state index in [-0.39, 0.29) is 42.9 Å². The second-order valence-electron chi connectivity index (χ2n) is 14.4. The van der Waals surface area contributed by atoms with Gasteiger partial charge in [-0.3, -0.25) is 9.59 Å². The highest BCUT2D eigenvalue weighted by Gasteiger charge is 2.55. The molecule has 9 nitrogen and oxygen atoms in total. The van der Waals surface area contributed by atoms with Crippen LogP contribution < -0.4 is 14.8 Å². The number of benzene rings is 2. The Balaban J connectivity index is 1.32. The number of alkyl halides is 3. The number of fused-ring (bicyclic) bond motifs is 3. The van der Waals surface area contributed by atoms with Crippen molar-refractivity contribution in [2.24, 2.45) is 23.2 Å². The van der Waals surface area contributed by atoms with Crippen molar-refractivity contribution in [2.75, 3.05) is 26.8 Å². The van der Waals surface area contributed by atoms with Crippen LogP contribution in [0.2, 0.25) is 0 Å². The molecule has 8 rings (SSSR count). The third-order valence-corrected chi connectivity index (χ3v) is 11.2. The summed E-state index contributed by atoms with van der Waals surface area (Å²) in [5.41, 5.74) is 0.236. The average molecular weight is 671 g/mol. The van der Waals surface area contributed by atoms with Gasteiger partial charge in [-0.05, 0) is 110 Å². The van der Waals surface area contributed by atoms with E-state index >= 15 is 0 Å². The largest absolute Gasteiger partial charge is 0.493 e. The van der Waals surface area contributed by atoms with Crippen molar-refractivity contribution in [3.8, 4) is 11.5 Å². The molecule has 12 heteroatoms. The Kier molecular flexibility index (Phi) is 8.48. The van der Waals surface area contributed by atoms with Crippen LogP contribution in [0.25, 0.3) is 0 Å². The molecule has 258 valence electrons. The van der Waals surface area contributed by atoms with Crippen molar-refractivity contribution in [3.63, 3.8) is 0 Å². The SMILES string of the molecule is COc1cc(CO)cc2c1OC1C2C(C(=O)NCCO)=CC(N(CC23CC4CC(CC(C4)C2)C3)C(=O)c2ccc(C(F)(F)F)cc2)C1O. The molecular weight excluding hydrogens is 629 g/mol. The fourth-order valence-corrected chi connectivity index (χ4v) is 9.74. The summed E-state index contributed by atoms with van der Waals surface area (Å²) in [5, 5.41) is 34.3. The van der Waals surface area contributed by atoms with Crippen molar-refractivity contribution in [2.45, 2.75) is 75.5 Å². The molecule has 2 amide bonds. The van der Waals surface area contributed by atoms with Crippen LogP contribution in [0.5, 0.6) is 11.5 Å². The average Bonchev–Trinajstić information content (AvgIpc) is 3.45. The zero-order valence-electron chi connectivity index (χ0n) is 26.7. The van der Waals surface area contributed by atoms with Crippen LogP contribution >= 0.6 is 0 Å². The summed E-state index contributed by atoms with van der Waals surface area (Å²) in [5.74, 6) is 0.445. The van der Waals surface area contributed by atoms with Gasteiger partial charge in [-0.1, -0.05) is 0 Å². The van der Waals surface area contributed by atoms with Crippen molar-refractivity contribution in [1.82, 2.24) is 10.2 Å². The van der Waals surface area contributed by atoms with E-state index in [4.69, 9.17) is 9.47 Å². The molecule has 4 N–H and O–H groups in total. The molecule has 0 saturated heterocycles. The van der Waals surface area contributed by atoms with Gasteiger partial charge >= 0.3 is 6.18 Å². The Bertz CT molecular complexity index is 1570. The molecule has 0 radical (unpaired) electrons. The molecule has 1 heterocycles. The maximum Gasteiger partial charge on any atom is 0.416 e. The van der Waals surface area contributed by atoms with Gasteiger partial charge in [0.2, 0.25) is 5.91 Å². The highest BCUT2D eigenvalue weighted by atomic mass is 19.4. The van der Waals surface area contributed by atoms with Crippen molar-refractivity contribution in [1.29, 1.82) is 0 Å². The number of hydrogen-bond acceptors (Lipinski definition) is 7. The molecule has 6 aliphatic rings. The highest BCUT2D eigenvalue weighted by molar-refractivity contribution is 5.97. The molecule has 48 heavy (non-hydrogen) atoms. The van der Waals surface area contributed by atoms with Gasteiger partial charge < -0.3 is 35.0 Å². The molecule has 2 aromatic carbocycles. The Labute approximate surface area is 276 Å². The smallest absolute Gasteiger partial charge is 0.416 e. The lowest BCUT2D eigenvalue weighted by Gasteiger charge is -2.58. The van der Waals surface area contributed by atoms with Gasteiger partial charge in [0.1, 0.15) is 12.2 Å². The van der Waals surface area contributed by atoms with E-state index in [2.05, 4.69) is 5.32 Å². The minimum Gasteiger partial charge on any atom is -0.493 e. The number of ether oxygens (including phenoxy) is 2. The third-order valence-electron chi connectivity index (χ3n) is 11.2. The molecule has 4 unspecified atom stereocenters. The van der Waals surface area contributed by atoms with Crippen LogP contribution in [0.3, 0.4) is 0 Å². The number of rotatable bonds is 9. The van der Waals surface area contributed by atoms with Gasteiger partial charge in [0.15, 0.2) is 11.5 Å². The van der Waals surface area contributed by atoms with E-state index in [1.54, 1.807) is 23.1 Å². The van der Waals surface area contributed by atoms with Crippen molar-refractivity contribution in [3.05, 3.63) is 70.3 Å². The Hall–Kier alpha value is -3.61. The number of methoxy groups -OCH3 is 1.